The van der Waals surface area contributed by atoms with E-state index >= 15 is 0 Å². The fourth-order valence-corrected chi connectivity index (χ4v) is 2.65. The summed E-state index contributed by atoms with van der Waals surface area (Å²) < 4.78 is 0. The first kappa shape index (κ1) is 13.1. The molecule has 2 fully saturated rings. The number of likely N-dealkylation sites (tertiary alicyclic amines) is 1. The van der Waals surface area contributed by atoms with E-state index in [4.69, 9.17) is 0 Å². The third-order valence-corrected chi connectivity index (χ3v) is 3.95. The van der Waals surface area contributed by atoms with Crippen molar-refractivity contribution < 1.29 is 9.59 Å². The van der Waals surface area contributed by atoms with Crippen molar-refractivity contribution in [2.24, 2.45) is 0 Å². The van der Waals surface area contributed by atoms with Crippen LogP contribution in [0.25, 0.3) is 0 Å². The zero-order valence-electron chi connectivity index (χ0n) is 11.6. The number of rotatable bonds is 4. The van der Waals surface area contributed by atoms with Crippen LogP contribution in [0.3, 0.4) is 0 Å². The molecule has 3 rings (SSSR count). The van der Waals surface area contributed by atoms with Gasteiger partial charge in [-0.1, -0.05) is 6.92 Å². The van der Waals surface area contributed by atoms with Crippen LogP contribution in [-0.4, -0.2) is 40.3 Å². The monoisotopic (exact) mass is 273 g/mol. The van der Waals surface area contributed by atoms with Gasteiger partial charge in [0.05, 0.1) is 6.04 Å². The standard InChI is InChI=1S/C15H19N3O2/c1-2-10-5-6-16-13(7-10)15(20)17-11-8-14(19)18(9-11)12-3-4-12/h5-7,11-12H,2-4,8-9H2,1H3,(H,17,20). The van der Waals surface area contributed by atoms with Crippen LogP contribution in [0.4, 0.5) is 0 Å². The Morgan fingerprint density at radius 3 is 3.00 bits per heavy atom. The maximum Gasteiger partial charge on any atom is 0.270 e. The van der Waals surface area contributed by atoms with Crippen LogP contribution < -0.4 is 5.32 Å². The second kappa shape index (κ2) is 5.23. The van der Waals surface area contributed by atoms with E-state index in [1.165, 1.54) is 0 Å². The predicted octanol–water partition coefficient (Wildman–Crippen LogP) is 1.14. The molecule has 0 aromatic carbocycles. The minimum atomic E-state index is -0.184. The second-order valence-corrected chi connectivity index (χ2v) is 5.55. The van der Waals surface area contributed by atoms with Gasteiger partial charge in [-0.2, -0.15) is 0 Å². The van der Waals surface area contributed by atoms with Crippen molar-refractivity contribution in [2.75, 3.05) is 6.54 Å². The summed E-state index contributed by atoms with van der Waals surface area (Å²) in [5.41, 5.74) is 1.52. The number of aromatic nitrogens is 1. The molecule has 1 unspecified atom stereocenters. The fraction of sp³-hybridized carbons (Fsp3) is 0.533. The first-order chi connectivity index (χ1) is 9.67. The molecule has 1 saturated carbocycles. The first-order valence-electron chi connectivity index (χ1n) is 7.22. The van der Waals surface area contributed by atoms with Gasteiger partial charge in [-0.05, 0) is 37.0 Å². The van der Waals surface area contributed by atoms with Gasteiger partial charge < -0.3 is 10.2 Å². The Kier molecular flexibility index (Phi) is 3.42. The van der Waals surface area contributed by atoms with Crippen molar-refractivity contribution in [2.45, 2.75) is 44.7 Å². The maximum atomic E-state index is 12.2. The van der Waals surface area contributed by atoms with E-state index in [0.717, 1.165) is 24.8 Å². The fourth-order valence-electron chi connectivity index (χ4n) is 2.65. The molecular weight excluding hydrogens is 254 g/mol. The molecule has 1 aliphatic heterocycles. The number of aryl methyl sites for hydroxylation is 1. The minimum absolute atomic E-state index is 0.0808. The summed E-state index contributed by atoms with van der Waals surface area (Å²) in [5, 5.41) is 2.93. The van der Waals surface area contributed by atoms with E-state index in [-0.39, 0.29) is 17.9 Å². The van der Waals surface area contributed by atoms with E-state index in [1.54, 1.807) is 6.20 Å². The third-order valence-electron chi connectivity index (χ3n) is 3.95. The SMILES string of the molecule is CCc1ccnc(C(=O)NC2CC(=O)N(C3CC3)C2)c1. The lowest BCUT2D eigenvalue weighted by molar-refractivity contribution is -0.128. The Bertz CT molecular complexity index is 540. The Morgan fingerprint density at radius 1 is 1.50 bits per heavy atom. The zero-order valence-corrected chi connectivity index (χ0v) is 11.6. The zero-order chi connectivity index (χ0) is 14.1. The van der Waals surface area contributed by atoms with Gasteiger partial charge >= 0.3 is 0 Å². The Morgan fingerprint density at radius 2 is 2.30 bits per heavy atom. The molecule has 1 aromatic rings. The van der Waals surface area contributed by atoms with Gasteiger partial charge in [-0.15, -0.1) is 0 Å². The smallest absolute Gasteiger partial charge is 0.270 e. The van der Waals surface area contributed by atoms with Crippen molar-refractivity contribution in [3.63, 3.8) is 0 Å². The highest BCUT2D eigenvalue weighted by molar-refractivity contribution is 5.93. The quantitative estimate of drug-likeness (QED) is 0.894. The molecular formula is C15H19N3O2. The van der Waals surface area contributed by atoms with Crippen molar-refractivity contribution in [3.8, 4) is 0 Å². The minimum Gasteiger partial charge on any atom is -0.346 e. The number of hydrogen-bond acceptors (Lipinski definition) is 3. The van der Waals surface area contributed by atoms with Crippen molar-refractivity contribution in [1.82, 2.24) is 15.2 Å². The lowest BCUT2D eigenvalue weighted by Crippen LogP contribution is -2.38. The van der Waals surface area contributed by atoms with Gasteiger partial charge in [0.2, 0.25) is 5.91 Å². The molecule has 2 amide bonds. The summed E-state index contributed by atoms with van der Waals surface area (Å²) in [7, 11) is 0. The number of nitrogens with one attached hydrogen (secondary N) is 1. The average molecular weight is 273 g/mol. The Hall–Kier alpha value is -1.91. The predicted molar refractivity (Wildman–Crippen MR) is 74.2 cm³/mol. The van der Waals surface area contributed by atoms with Crippen molar-refractivity contribution >= 4 is 11.8 Å². The number of carbonyl (C=O) groups is 2. The molecule has 5 nitrogen and oxygen atoms in total. The summed E-state index contributed by atoms with van der Waals surface area (Å²) in [5.74, 6) is -0.0242. The lowest BCUT2D eigenvalue weighted by atomic mass is 10.1. The highest BCUT2D eigenvalue weighted by atomic mass is 16.2. The van der Waals surface area contributed by atoms with Crippen LogP contribution >= 0.6 is 0 Å². The van der Waals surface area contributed by atoms with Gasteiger partial charge in [0.1, 0.15) is 5.69 Å². The van der Waals surface area contributed by atoms with Crippen molar-refractivity contribution in [1.29, 1.82) is 0 Å². The Labute approximate surface area is 118 Å². The summed E-state index contributed by atoms with van der Waals surface area (Å²) in [4.78, 5) is 30.0. The number of amides is 2. The van der Waals surface area contributed by atoms with Crippen LogP contribution in [-0.2, 0) is 11.2 Å². The molecule has 0 spiro atoms. The molecule has 5 heteroatoms. The molecule has 20 heavy (non-hydrogen) atoms. The molecule has 1 N–H and O–H groups in total. The largest absolute Gasteiger partial charge is 0.346 e. The molecule has 1 aliphatic carbocycles. The molecule has 1 atom stereocenters. The van der Waals surface area contributed by atoms with Crippen LogP contribution in [0.1, 0.15) is 42.2 Å². The van der Waals surface area contributed by atoms with Gasteiger partial charge in [-0.25, -0.2) is 0 Å². The van der Waals surface area contributed by atoms with Crippen LogP contribution in [0, 0.1) is 0 Å². The highest BCUT2D eigenvalue weighted by Crippen LogP contribution is 2.30. The molecule has 0 radical (unpaired) electrons. The summed E-state index contributed by atoms with van der Waals surface area (Å²) in [6.45, 7) is 2.68. The molecule has 1 saturated heterocycles. The highest BCUT2D eigenvalue weighted by Gasteiger charge is 2.39. The lowest BCUT2D eigenvalue weighted by Gasteiger charge is -2.16. The first-order valence-corrected chi connectivity index (χ1v) is 7.22. The van der Waals surface area contributed by atoms with Gasteiger partial charge in [-0.3, -0.25) is 14.6 Å². The third kappa shape index (κ3) is 2.66. The average Bonchev–Trinajstić information content (AvgIpc) is 3.23. The molecule has 0 bridgehead atoms. The van der Waals surface area contributed by atoms with Gasteiger partial charge in [0.15, 0.2) is 0 Å². The van der Waals surface area contributed by atoms with Crippen LogP contribution in [0.2, 0.25) is 0 Å². The number of hydrogen-bond donors (Lipinski definition) is 1. The molecule has 2 aliphatic rings. The number of nitrogens with zero attached hydrogens (tertiary/aromatic N) is 2. The topological polar surface area (TPSA) is 62.3 Å². The number of carbonyl (C=O) groups excluding carboxylic acids is 2. The summed E-state index contributed by atoms with van der Waals surface area (Å²) in [6.07, 6.45) is 5.15. The van der Waals surface area contributed by atoms with E-state index in [0.29, 0.717) is 24.7 Å². The van der Waals surface area contributed by atoms with Gasteiger partial charge in [0, 0.05) is 25.2 Å². The van der Waals surface area contributed by atoms with Crippen LogP contribution in [0.5, 0.6) is 0 Å². The number of pyridine rings is 1. The van der Waals surface area contributed by atoms with Gasteiger partial charge in [0.25, 0.3) is 5.91 Å². The van der Waals surface area contributed by atoms with E-state index in [1.807, 2.05) is 24.0 Å². The molecule has 2 heterocycles. The Balaban J connectivity index is 1.62. The second-order valence-electron chi connectivity index (χ2n) is 5.55. The van der Waals surface area contributed by atoms with Crippen molar-refractivity contribution in [3.05, 3.63) is 29.6 Å². The maximum absolute atomic E-state index is 12.2. The van der Waals surface area contributed by atoms with E-state index < -0.39 is 0 Å². The van der Waals surface area contributed by atoms with Crippen LogP contribution in [0.15, 0.2) is 18.3 Å². The van der Waals surface area contributed by atoms with E-state index in [2.05, 4.69) is 10.3 Å². The normalized spacial score (nSPS) is 22.1. The molecule has 1 aromatic heterocycles. The van der Waals surface area contributed by atoms with E-state index in [9.17, 15) is 9.59 Å². The summed E-state index contributed by atoms with van der Waals surface area (Å²) in [6, 6.07) is 4.06. The summed E-state index contributed by atoms with van der Waals surface area (Å²) >= 11 is 0. The molecule has 106 valence electrons.